The number of halogens is 1. The van der Waals surface area contributed by atoms with Crippen molar-refractivity contribution in [3.05, 3.63) is 113 Å². The maximum atomic E-state index is 11.3. The second kappa shape index (κ2) is 8.85. The molecule has 0 unspecified atom stereocenters. The van der Waals surface area contributed by atoms with Gasteiger partial charge in [-0.2, -0.15) is 0 Å². The molecule has 0 fully saturated rings. The predicted octanol–water partition coefficient (Wildman–Crippen LogP) is 6.15. The zero-order chi connectivity index (χ0) is 20.9. The average Bonchev–Trinajstić information content (AvgIpc) is 2.79. The summed E-state index contributed by atoms with van der Waals surface area (Å²) < 4.78 is 6.02. The van der Waals surface area contributed by atoms with Crippen LogP contribution < -0.4 is 10.5 Å². The molecule has 0 bridgehead atoms. The first-order chi connectivity index (χ1) is 14.6. The molecular formula is C26H19ClNO2. The molecule has 30 heavy (non-hydrogen) atoms. The molecule has 1 radical (unpaired) electrons. The number of carbonyl (C=O) groups excluding carboxylic acids is 1. The molecule has 4 aromatic rings. The van der Waals surface area contributed by atoms with Gasteiger partial charge in [-0.25, -0.2) is 0 Å². The summed E-state index contributed by atoms with van der Waals surface area (Å²) in [5, 5.41) is 0.640. The van der Waals surface area contributed by atoms with E-state index in [0.29, 0.717) is 17.2 Å². The molecule has 4 heteroatoms. The van der Waals surface area contributed by atoms with E-state index in [-0.39, 0.29) is 0 Å². The van der Waals surface area contributed by atoms with Crippen molar-refractivity contribution in [2.24, 2.45) is 5.73 Å². The van der Waals surface area contributed by atoms with E-state index in [1.54, 1.807) is 12.1 Å². The minimum atomic E-state index is -0.447. The number of primary amides is 1. The highest BCUT2D eigenvalue weighted by Crippen LogP contribution is 2.29. The molecular weight excluding hydrogens is 394 g/mol. The van der Waals surface area contributed by atoms with E-state index >= 15 is 0 Å². The molecule has 0 aromatic heterocycles. The normalized spacial score (nSPS) is 10.6. The van der Waals surface area contributed by atoms with Crippen molar-refractivity contribution < 1.29 is 9.53 Å². The number of ether oxygens (including phenoxy) is 1. The van der Waals surface area contributed by atoms with Crippen LogP contribution in [-0.4, -0.2) is 5.91 Å². The van der Waals surface area contributed by atoms with Gasteiger partial charge in [-0.05, 0) is 70.3 Å². The van der Waals surface area contributed by atoms with Crippen molar-refractivity contribution in [2.75, 3.05) is 0 Å². The van der Waals surface area contributed by atoms with Gasteiger partial charge in [0, 0.05) is 10.6 Å². The summed E-state index contributed by atoms with van der Waals surface area (Å²) in [6, 6.07) is 31.9. The third-order valence-electron chi connectivity index (χ3n) is 4.82. The summed E-state index contributed by atoms with van der Waals surface area (Å²) in [6.07, 6.45) is 0. The van der Waals surface area contributed by atoms with Gasteiger partial charge in [-0.1, -0.05) is 66.2 Å². The third kappa shape index (κ3) is 4.53. The first-order valence-corrected chi connectivity index (χ1v) is 9.86. The fraction of sp³-hybridized carbons (Fsp3) is 0.0385. The van der Waals surface area contributed by atoms with Crippen molar-refractivity contribution in [3.63, 3.8) is 0 Å². The predicted molar refractivity (Wildman–Crippen MR) is 120 cm³/mol. The lowest BCUT2D eigenvalue weighted by atomic mass is 9.99. The van der Waals surface area contributed by atoms with Crippen LogP contribution in [0.4, 0.5) is 0 Å². The van der Waals surface area contributed by atoms with Crippen molar-refractivity contribution in [1.82, 2.24) is 0 Å². The SMILES string of the molecule is NC(=O)c1ccc(-c2ccc(Cl)cc2COc2ccc(-c3[c]cccc3)cc2)cc1. The minimum Gasteiger partial charge on any atom is -0.489 e. The second-order valence-corrected chi connectivity index (χ2v) is 7.27. The topological polar surface area (TPSA) is 52.3 Å². The molecule has 0 saturated heterocycles. The molecule has 1 amide bonds. The van der Waals surface area contributed by atoms with E-state index in [1.807, 2.05) is 78.9 Å². The Morgan fingerprint density at radius 1 is 0.900 bits per heavy atom. The van der Waals surface area contributed by atoms with Crippen molar-refractivity contribution >= 4 is 17.5 Å². The van der Waals surface area contributed by atoms with Crippen molar-refractivity contribution in [2.45, 2.75) is 6.61 Å². The van der Waals surface area contributed by atoms with E-state index in [2.05, 4.69) is 6.07 Å². The summed E-state index contributed by atoms with van der Waals surface area (Å²) in [4.78, 5) is 11.3. The lowest BCUT2D eigenvalue weighted by molar-refractivity contribution is 0.100. The maximum Gasteiger partial charge on any atom is 0.248 e. The largest absolute Gasteiger partial charge is 0.489 e. The van der Waals surface area contributed by atoms with Crippen LogP contribution in [0.15, 0.2) is 91.0 Å². The summed E-state index contributed by atoms with van der Waals surface area (Å²) in [7, 11) is 0. The first-order valence-electron chi connectivity index (χ1n) is 9.49. The number of nitrogens with two attached hydrogens (primary N) is 1. The average molecular weight is 413 g/mol. The van der Waals surface area contributed by atoms with E-state index in [4.69, 9.17) is 22.1 Å². The van der Waals surface area contributed by atoms with Crippen LogP contribution in [0.1, 0.15) is 15.9 Å². The van der Waals surface area contributed by atoms with Crippen LogP contribution in [0.5, 0.6) is 5.75 Å². The number of hydrogen-bond donors (Lipinski definition) is 1. The number of rotatable bonds is 6. The Labute approximate surface area is 180 Å². The number of benzene rings is 4. The molecule has 3 nitrogen and oxygen atoms in total. The zero-order valence-electron chi connectivity index (χ0n) is 16.1. The summed E-state index contributed by atoms with van der Waals surface area (Å²) in [5.41, 5.74) is 10.8. The fourth-order valence-corrected chi connectivity index (χ4v) is 3.44. The van der Waals surface area contributed by atoms with E-state index in [0.717, 1.165) is 33.6 Å². The zero-order valence-corrected chi connectivity index (χ0v) is 16.9. The summed E-state index contributed by atoms with van der Waals surface area (Å²) in [6.45, 7) is 0.365. The van der Waals surface area contributed by atoms with Crippen molar-refractivity contribution in [3.8, 4) is 28.0 Å². The lowest BCUT2D eigenvalue weighted by Crippen LogP contribution is -2.10. The maximum absolute atomic E-state index is 11.3. The van der Waals surface area contributed by atoms with Crippen LogP contribution in [-0.2, 0) is 6.61 Å². The molecule has 0 spiro atoms. The summed E-state index contributed by atoms with van der Waals surface area (Å²) >= 11 is 6.22. The fourth-order valence-electron chi connectivity index (χ4n) is 3.24. The van der Waals surface area contributed by atoms with Gasteiger partial charge in [0.05, 0.1) is 0 Å². The van der Waals surface area contributed by atoms with E-state index < -0.39 is 5.91 Å². The molecule has 0 heterocycles. The van der Waals surface area contributed by atoms with Crippen LogP contribution in [0, 0.1) is 6.07 Å². The highest BCUT2D eigenvalue weighted by molar-refractivity contribution is 6.30. The minimum absolute atomic E-state index is 0.365. The Kier molecular flexibility index (Phi) is 5.82. The highest BCUT2D eigenvalue weighted by atomic mass is 35.5. The van der Waals surface area contributed by atoms with Crippen molar-refractivity contribution in [1.29, 1.82) is 0 Å². The van der Waals surface area contributed by atoms with Gasteiger partial charge in [0.15, 0.2) is 0 Å². The molecule has 0 saturated carbocycles. The Morgan fingerprint density at radius 2 is 1.63 bits per heavy atom. The Morgan fingerprint density at radius 3 is 2.30 bits per heavy atom. The first kappa shape index (κ1) is 19.7. The molecule has 0 aliphatic carbocycles. The second-order valence-electron chi connectivity index (χ2n) is 6.83. The molecule has 4 aromatic carbocycles. The van der Waals surface area contributed by atoms with Crippen LogP contribution >= 0.6 is 11.6 Å². The summed E-state index contributed by atoms with van der Waals surface area (Å²) in [5.74, 6) is 0.322. The quantitative estimate of drug-likeness (QED) is 0.412. The molecule has 147 valence electrons. The molecule has 0 aliphatic heterocycles. The van der Waals surface area contributed by atoms with Gasteiger partial charge in [0.2, 0.25) is 5.91 Å². The van der Waals surface area contributed by atoms with Gasteiger partial charge in [0.25, 0.3) is 0 Å². The van der Waals surface area contributed by atoms with Crippen LogP contribution in [0.3, 0.4) is 0 Å². The molecule has 0 atom stereocenters. The van der Waals surface area contributed by atoms with Crippen LogP contribution in [0.25, 0.3) is 22.3 Å². The van der Waals surface area contributed by atoms with Gasteiger partial charge in [0.1, 0.15) is 12.4 Å². The van der Waals surface area contributed by atoms with E-state index in [9.17, 15) is 4.79 Å². The van der Waals surface area contributed by atoms with Gasteiger partial charge in [-0.3, -0.25) is 4.79 Å². The monoisotopic (exact) mass is 412 g/mol. The molecule has 0 aliphatic rings. The van der Waals surface area contributed by atoms with Gasteiger partial charge < -0.3 is 10.5 Å². The van der Waals surface area contributed by atoms with Gasteiger partial charge >= 0.3 is 0 Å². The standard InChI is InChI=1S/C26H19ClNO2/c27-23-12-15-25(20-6-8-21(9-7-20)26(28)29)22(16-23)17-30-24-13-10-19(11-14-24)18-4-2-1-3-5-18/h1-4,6-16H,17H2,(H2,28,29). The van der Waals surface area contributed by atoms with Gasteiger partial charge in [-0.15, -0.1) is 0 Å². The number of hydrogen-bond acceptors (Lipinski definition) is 2. The Balaban J connectivity index is 1.53. The van der Waals surface area contributed by atoms with E-state index in [1.165, 1.54) is 0 Å². The van der Waals surface area contributed by atoms with Crippen LogP contribution in [0.2, 0.25) is 5.02 Å². The number of amides is 1. The Bertz CT molecular complexity index is 1150. The highest BCUT2D eigenvalue weighted by Gasteiger charge is 2.09. The molecule has 2 N–H and O–H groups in total. The third-order valence-corrected chi connectivity index (χ3v) is 5.05. The Hall–Kier alpha value is -3.56. The number of carbonyl (C=O) groups is 1. The smallest absolute Gasteiger partial charge is 0.248 e. The molecule has 4 rings (SSSR count). The lowest BCUT2D eigenvalue weighted by Gasteiger charge is -2.13.